The van der Waals surface area contributed by atoms with E-state index in [9.17, 15) is 8.42 Å². The molecule has 0 heterocycles. The number of hydrogen-bond acceptors (Lipinski definition) is 4. The zero-order valence-corrected chi connectivity index (χ0v) is 11.6. The summed E-state index contributed by atoms with van der Waals surface area (Å²) >= 11 is 0. The van der Waals surface area contributed by atoms with Crippen LogP contribution >= 0.6 is 0 Å². The van der Waals surface area contributed by atoms with E-state index in [4.69, 9.17) is 10.00 Å². The number of benzene rings is 1. The Morgan fingerprint density at radius 1 is 1.33 bits per heavy atom. The average Bonchev–Trinajstić information content (AvgIpc) is 2.30. The average molecular weight is 268 g/mol. The molecule has 1 unspecified atom stereocenters. The van der Waals surface area contributed by atoms with Crippen LogP contribution in [0.1, 0.15) is 18.1 Å². The number of hydrogen-bond donors (Lipinski definition) is 1. The minimum absolute atomic E-state index is 0.169. The Labute approximate surface area is 107 Å². The number of methoxy groups -OCH3 is 1. The highest BCUT2D eigenvalue weighted by molar-refractivity contribution is 7.89. The molecule has 6 heteroatoms. The lowest BCUT2D eigenvalue weighted by Crippen LogP contribution is -2.31. The van der Waals surface area contributed by atoms with Gasteiger partial charge in [-0.2, -0.15) is 9.98 Å². The Morgan fingerprint density at radius 3 is 2.44 bits per heavy atom. The van der Waals surface area contributed by atoms with Crippen LogP contribution in [0.3, 0.4) is 0 Å². The zero-order chi connectivity index (χ0) is 13.9. The molecule has 0 saturated heterocycles. The van der Waals surface area contributed by atoms with Crippen LogP contribution in [-0.2, 0) is 10.0 Å². The number of ether oxygens (including phenoxy) is 1. The zero-order valence-electron chi connectivity index (χ0n) is 10.8. The standard InChI is InChI=1S/C12H16N2O3S/c1-8-6-12(9(2)5-11(8)17-4)18(15,16)14-10(3)7-13/h5-6,10,14H,1-4H3. The summed E-state index contributed by atoms with van der Waals surface area (Å²) in [5, 5.41) is 8.65. The minimum atomic E-state index is -3.68. The fourth-order valence-corrected chi connectivity index (χ4v) is 3.06. The summed E-state index contributed by atoms with van der Waals surface area (Å²) in [7, 11) is -2.14. The second-order valence-electron chi connectivity index (χ2n) is 4.06. The first-order chi connectivity index (χ1) is 8.31. The smallest absolute Gasteiger partial charge is 0.241 e. The van der Waals surface area contributed by atoms with Crippen LogP contribution in [0.25, 0.3) is 0 Å². The molecule has 0 amide bonds. The van der Waals surface area contributed by atoms with Gasteiger partial charge in [-0.05, 0) is 44.0 Å². The minimum Gasteiger partial charge on any atom is -0.496 e. The fraction of sp³-hybridized carbons (Fsp3) is 0.417. The number of aryl methyl sites for hydroxylation is 2. The van der Waals surface area contributed by atoms with E-state index in [1.54, 1.807) is 26.0 Å². The molecule has 1 atom stereocenters. The predicted octanol–water partition coefficient (Wildman–Crippen LogP) is 1.50. The molecule has 0 aliphatic heterocycles. The normalized spacial score (nSPS) is 12.8. The van der Waals surface area contributed by atoms with Crippen molar-refractivity contribution in [2.24, 2.45) is 0 Å². The molecular weight excluding hydrogens is 252 g/mol. The lowest BCUT2D eigenvalue weighted by atomic mass is 10.1. The van der Waals surface area contributed by atoms with Crippen molar-refractivity contribution in [3.05, 3.63) is 23.3 Å². The second kappa shape index (κ2) is 5.38. The molecule has 0 aliphatic carbocycles. The van der Waals surface area contributed by atoms with E-state index in [1.165, 1.54) is 14.0 Å². The summed E-state index contributed by atoms with van der Waals surface area (Å²) in [6.07, 6.45) is 0. The quantitative estimate of drug-likeness (QED) is 0.897. The van der Waals surface area contributed by atoms with E-state index in [2.05, 4.69) is 4.72 Å². The molecule has 1 N–H and O–H groups in total. The molecule has 1 aromatic carbocycles. The van der Waals surface area contributed by atoms with Crippen molar-refractivity contribution < 1.29 is 13.2 Å². The fourth-order valence-electron chi connectivity index (χ4n) is 1.60. The first kappa shape index (κ1) is 14.5. The Morgan fingerprint density at radius 2 is 1.94 bits per heavy atom. The van der Waals surface area contributed by atoms with Crippen LogP contribution in [0.5, 0.6) is 5.75 Å². The van der Waals surface area contributed by atoms with E-state index in [-0.39, 0.29) is 4.90 Å². The Kier molecular flexibility index (Phi) is 4.33. The number of nitrogens with one attached hydrogen (secondary N) is 1. The van der Waals surface area contributed by atoms with E-state index in [1.807, 2.05) is 6.07 Å². The Balaban J connectivity index is 3.26. The third-order valence-electron chi connectivity index (χ3n) is 2.51. The first-order valence-electron chi connectivity index (χ1n) is 5.39. The van der Waals surface area contributed by atoms with Gasteiger partial charge in [-0.1, -0.05) is 0 Å². The topological polar surface area (TPSA) is 79.2 Å². The molecule has 98 valence electrons. The molecule has 0 radical (unpaired) electrons. The van der Waals surface area contributed by atoms with Crippen molar-refractivity contribution in [2.45, 2.75) is 31.7 Å². The van der Waals surface area contributed by atoms with Gasteiger partial charge in [0.05, 0.1) is 18.1 Å². The molecule has 0 aromatic heterocycles. The van der Waals surface area contributed by atoms with Crippen molar-refractivity contribution in [1.82, 2.24) is 4.72 Å². The lowest BCUT2D eigenvalue weighted by Gasteiger charge is -2.13. The van der Waals surface area contributed by atoms with Crippen LogP contribution in [0.2, 0.25) is 0 Å². The van der Waals surface area contributed by atoms with Gasteiger partial charge in [0.2, 0.25) is 10.0 Å². The molecule has 0 fully saturated rings. The first-order valence-corrected chi connectivity index (χ1v) is 6.87. The third-order valence-corrected chi connectivity index (χ3v) is 4.19. The monoisotopic (exact) mass is 268 g/mol. The van der Waals surface area contributed by atoms with Crippen LogP contribution < -0.4 is 9.46 Å². The lowest BCUT2D eigenvalue weighted by molar-refractivity contribution is 0.411. The van der Waals surface area contributed by atoms with Gasteiger partial charge in [0.1, 0.15) is 11.8 Å². The number of rotatable bonds is 4. The van der Waals surface area contributed by atoms with Gasteiger partial charge in [-0.25, -0.2) is 8.42 Å². The van der Waals surface area contributed by atoms with Crippen molar-refractivity contribution in [3.63, 3.8) is 0 Å². The maximum absolute atomic E-state index is 12.1. The maximum atomic E-state index is 12.1. The molecule has 0 spiro atoms. The summed E-state index contributed by atoms with van der Waals surface area (Å²) in [4.78, 5) is 0.169. The summed E-state index contributed by atoms with van der Waals surface area (Å²) in [5.41, 5.74) is 1.31. The second-order valence-corrected chi connectivity index (χ2v) is 5.74. The summed E-state index contributed by atoms with van der Waals surface area (Å²) in [6, 6.07) is 4.28. The highest BCUT2D eigenvalue weighted by Gasteiger charge is 2.20. The van der Waals surface area contributed by atoms with Crippen molar-refractivity contribution >= 4 is 10.0 Å². The van der Waals surface area contributed by atoms with Crippen LogP contribution in [-0.4, -0.2) is 21.6 Å². The molecule has 5 nitrogen and oxygen atoms in total. The SMILES string of the molecule is COc1cc(C)c(S(=O)(=O)NC(C)C#N)cc1C. The molecule has 0 aliphatic rings. The Bertz CT molecular complexity index is 588. The van der Waals surface area contributed by atoms with E-state index in [0.29, 0.717) is 11.3 Å². The molecule has 1 aromatic rings. The summed E-state index contributed by atoms with van der Waals surface area (Å²) in [5.74, 6) is 0.639. The maximum Gasteiger partial charge on any atom is 0.241 e. The van der Waals surface area contributed by atoms with Crippen molar-refractivity contribution in [3.8, 4) is 11.8 Å². The summed E-state index contributed by atoms with van der Waals surface area (Å²) < 4.78 is 31.6. The third kappa shape index (κ3) is 3.00. The predicted molar refractivity (Wildman–Crippen MR) is 67.9 cm³/mol. The summed E-state index contributed by atoms with van der Waals surface area (Å²) in [6.45, 7) is 4.95. The van der Waals surface area contributed by atoms with Crippen molar-refractivity contribution in [2.75, 3.05) is 7.11 Å². The number of nitrogens with zero attached hydrogens (tertiary/aromatic N) is 1. The van der Waals surface area contributed by atoms with Crippen LogP contribution in [0, 0.1) is 25.2 Å². The van der Waals surface area contributed by atoms with E-state index < -0.39 is 16.1 Å². The molecule has 0 bridgehead atoms. The molecule has 1 rings (SSSR count). The van der Waals surface area contributed by atoms with Crippen LogP contribution in [0.4, 0.5) is 0 Å². The van der Waals surface area contributed by atoms with Crippen molar-refractivity contribution in [1.29, 1.82) is 5.26 Å². The largest absolute Gasteiger partial charge is 0.496 e. The van der Waals surface area contributed by atoms with Gasteiger partial charge in [-0.3, -0.25) is 0 Å². The van der Waals surface area contributed by atoms with Gasteiger partial charge in [-0.15, -0.1) is 0 Å². The van der Waals surface area contributed by atoms with Gasteiger partial charge in [0, 0.05) is 0 Å². The van der Waals surface area contributed by atoms with E-state index >= 15 is 0 Å². The van der Waals surface area contributed by atoms with Gasteiger partial charge < -0.3 is 4.74 Å². The van der Waals surface area contributed by atoms with Gasteiger partial charge in [0.15, 0.2) is 0 Å². The molecule has 18 heavy (non-hydrogen) atoms. The highest BCUT2D eigenvalue weighted by atomic mass is 32.2. The molecular formula is C12H16N2O3S. The number of sulfonamides is 1. The van der Waals surface area contributed by atoms with Gasteiger partial charge in [0.25, 0.3) is 0 Å². The van der Waals surface area contributed by atoms with Crippen LogP contribution in [0.15, 0.2) is 17.0 Å². The molecule has 0 saturated carbocycles. The Hall–Kier alpha value is -1.58. The highest BCUT2D eigenvalue weighted by Crippen LogP contribution is 2.25. The van der Waals surface area contributed by atoms with E-state index in [0.717, 1.165) is 5.56 Å². The number of nitriles is 1. The van der Waals surface area contributed by atoms with Gasteiger partial charge >= 0.3 is 0 Å².